The number of anilines is 1. The van der Waals surface area contributed by atoms with Gasteiger partial charge in [-0.05, 0) is 58.5 Å². The third kappa shape index (κ3) is 5.00. The summed E-state index contributed by atoms with van der Waals surface area (Å²) in [6, 6.07) is 16.8. The van der Waals surface area contributed by atoms with E-state index in [0.717, 1.165) is 9.13 Å². The first-order valence-electron chi connectivity index (χ1n) is 6.66. The second kappa shape index (κ2) is 7.74. The second-order valence-electron chi connectivity index (χ2n) is 4.61. The number of rotatable bonds is 4. The van der Waals surface area contributed by atoms with Crippen LogP contribution in [-0.2, 0) is 9.59 Å². The van der Waals surface area contributed by atoms with E-state index < -0.39 is 0 Å². The predicted molar refractivity (Wildman–Crippen MR) is 96.0 cm³/mol. The highest BCUT2D eigenvalue weighted by Gasteiger charge is 2.11. The molecule has 0 heterocycles. The van der Waals surface area contributed by atoms with Crippen LogP contribution in [0.5, 0.6) is 0 Å². The highest BCUT2D eigenvalue weighted by Crippen LogP contribution is 2.13. The first-order valence-corrected chi connectivity index (χ1v) is 7.74. The molecule has 0 saturated heterocycles. The van der Waals surface area contributed by atoms with Crippen molar-refractivity contribution in [1.82, 2.24) is 5.32 Å². The smallest absolute Gasteiger partial charge is 0.272 e. The van der Waals surface area contributed by atoms with Gasteiger partial charge in [0.2, 0.25) is 5.91 Å². The van der Waals surface area contributed by atoms with Crippen molar-refractivity contribution in [2.45, 2.75) is 6.92 Å². The topological polar surface area (TPSA) is 58.2 Å². The average molecular weight is 406 g/mol. The third-order valence-corrected chi connectivity index (χ3v) is 3.49. The minimum Gasteiger partial charge on any atom is -0.322 e. The molecule has 0 aliphatic rings. The summed E-state index contributed by atoms with van der Waals surface area (Å²) in [4.78, 5) is 23.7. The van der Waals surface area contributed by atoms with Crippen LogP contribution < -0.4 is 10.6 Å². The van der Waals surface area contributed by atoms with Gasteiger partial charge in [0.05, 0.1) is 0 Å². The van der Waals surface area contributed by atoms with Gasteiger partial charge < -0.3 is 10.6 Å². The molecule has 0 unspecified atom stereocenters. The summed E-state index contributed by atoms with van der Waals surface area (Å²) < 4.78 is 1.08. The summed E-state index contributed by atoms with van der Waals surface area (Å²) in [5.41, 5.74) is 1.72. The van der Waals surface area contributed by atoms with Crippen LogP contribution in [0.2, 0.25) is 0 Å². The number of benzene rings is 2. The number of carbonyl (C=O) groups excluding carboxylic acids is 2. The van der Waals surface area contributed by atoms with Crippen molar-refractivity contribution in [3.05, 3.63) is 69.4 Å². The molecule has 0 saturated carbocycles. The van der Waals surface area contributed by atoms with Gasteiger partial charge in [-0.25, -0.2) is 0 Å². The SMILES string of the molecule is CC(=O)NC(=Cc1ccccc1)C(=O)Nc1ccc(I)cc1. The van der Waals surface area contributed by atoms with Gasteiger partial charge in [0.1, 0.15) is 5.70 Å². The molecular weight excluding hydrogens is 391 g/mol. The molecule has 4 nitrogen and oxygen atoms in total. The quantitative estimate of drug-likeness (QED) is 0.604. The Hall–Kier alpha value is -2.15. The number of carbonyl (C=O) groups is 2. The maximum Gasteiger partial charge on any atom is 0.272 e. The van der Waals surface area contributed by atoms with Gasteiger partial charge in [-0.1, -0.05) is 30.3 Å². The Bertz CT molecular complexity index is 694. The van der Waals surface area contributed by atoms with Crippen LogP contribution in [0.25, 0.3) is 6.08 Å². The van der Waals surface area contributed by atoms with Crippen LogP contribution in [0, 0.1) is 3.57 Å². The van der Waals surface area contributed by atoms with Crippen LogP contribution in [0.1, 0.15) is 12.5 Å². The maximum absolute atomic E-state index is 12.3. The van der Waals surface area contributed by atoms with Crippen LogP contribution in [0.15, 0.2) is 60.3 Å². The first kappa shape index (κ1) is 16.2. The minimum atomic E-state index is -0.361. The van der Waals surface area contributed by atoms with Crippen LogP contribution in [-0.4, -0.2) is 11.8 Å². The maximum atomic E-state index is 12.3. The van der Waals surface area contributed by atoms with E-state index in [2.05, 4.69) is 33.2 Å². The Morgan fingerprint density at radius 3 is 2.23 bits per heavy atom. The van der Waals surface area contributed by atoms with E-state index in [-0.39, 0.29) is 17.5 Å². The van der Waals surface area contributed by atoms with Crippen molar-refractivity contribution < 1.29 is 9.59 Å². The average Bonchev–Trinajstić information content (AvgIpc) is 2.49. The van der Waals surface area contributed by atoms with Crippen molar-refractivity contribution in [1.29, 1.82) is 0 Å². The standard InChI is InChI=1S/C17H15IN2O2/c1-12(21)19-16(11-13-5-3-2-4-6-13)17(22)20-15-9-7-14(18)8-10-15/h2-11H,1H3,(H,19,21)(H,20,22). The molecule has 2 amide bonds. The molecule has 0 aromatic heterocycles. The summed E-state index contributed by atoms with van der Waals surface area (Å²) >= 11 is 2.19. The van der Waals surface area contributed by atoms with E-state index in [1.807, 2.05) is 54.6 Å². The lowest BCUT2D eigenvalue weighted by Crippen LogP contribution is -2.28. The van der Waals surface area contributed by atoms with Crippen LogP contribution >= 0.6 is 22.6 Å². The molecule has 112 valence electrons. The molecule has 0 atom stereocenters. The largest absolute Gasteiger partial charge is 0.322 e. The van der Waals surface area contributed by atoms with Crippen molar-refractivity contribution in [2.24, 2.45) is 0 Å². The Kier molecular flexibility index (Phi) is 5.71. The number of amides is 2. The molecule has 2 aromatic carbocycles. The van der Waals surface area contributed by atoms with E-state index >= 15 is 0 Å². The zero-order valence-corrected chi connectivity index (χ0v) is 14.1. The van der Waals surface area contributed by atoms with Gasteiger partial charge in [-0.15, -0.1) is 0 Å². The third-order valence-electron chi connectivity index (χ3n) is 2.77. The van der Waals surface area contributed by atoms with Gasteiger partial charge in [-0.3, -0.25) is 9.59 Å². The van der Waals surface area contributed by atoms with E-state index in [0.29, 0.717) is 5.69 Å². The molecular formula is C17H15IN2O2. The summed E-state index contributed by atoms with van der Waals surface area (Å²) in [6.07, 6.45) is 1.64. The summed E-state index contributed by atoms with van der Waals surface area (Å²) in [6.45, 7) is 1.37. The Morgan fingerprint density at radius 1 is 1.00 bits per heavy atom. The van der Waals surface area contributed by atoms with Crippen molar-refractivity contribution >= 4 is 46.2 Å². The van der Waals surface area contributed by atoms with E-state index in [9.17, 15) is 9.59 Å². The van der Waals surface area contributed by atoms with Gasteiger partial charge in [0.15, 0.2) is 0 Å². The normalized spacial score (nSPS) is 10.9. The first-order chi connectivity index (χ1) is 10.5. The fourth-order valence-corrected chi connectivity index (χ4v) is 2.16. The molecule has 2 N–H and O–H groups in total. The highest BCUT2D eigenvalue weighted by molar-refractivity contribution is 14.1. The highest BCUT2D eigenvalue weighted by atomic mass is 127. The lowest BCUT2D eigenvalue weighted by Gasteiger charge is -2.10. The monoisotopic (exact) mass is 406 g/mol. The predicted octanol–water partition coefficient (Wildman–Crippen LogP) is 3.41. The summed E-state index contributed by atoms with van der Waals surface area (Å²) in [5.74, 6) is -0.653. The van der Waals surface area contributed by atoms with Gasteiger partial charge in [0, 0.05) is 16.2 Å². The van der Waals surface area contributed by atoms with E-state index in [4.69, 9.17) is 0 Å². The Balaban J connectivity index is 2.21. The number of hydrogen-bond acceptors (Lipinski definition) is 2. The second-order valence-corrected chi connectivity index (χ2v) is 5.86. The molecule has 2 rings (SSSR count). The Morgan fingerprint density at radius 2 is 1.64 bits per heavy atom. The molecule has 22 heavy (non-hydrogen) atoms. The van der Waals surface area contributed by atoms with E-state index in [1.54, 1.807) is 6.08 Å². The number of hydrogen-bond donors (Lipinski definition) is 2. The lowest BCUT2D eigenvalue weighted by molar-refractivity contribution is -0.120. The number of nitrogens with one attached hydrogen (secondary N) is 2. The van der Waals surface area contributed by atoms with Crippen molar-refractivity contribution in [3.63, 3.8) is 0 Å². The molecule has 0 aliphatic heterocycles. The summed E-state index contributed by atoms with van der Waals surface area (Å²) in [7, 11) is 0. The molecule has 0 spiro atoms. The zero-order valence-electron chi connectivity index (χ0n) is 12.0. The molecule has 0 bridgehead atoms. The molecule has 0 aliphatic carbocycles. The lowest BCUT2D eigenvalue weighted by atomic mass is 10.2. The van der Waals surface area contributed by atoms with Gasteiger partial charge in [0.25, 0.3) is 5.91 Å². The van der Waals surface area contributed by atoms with Crippen molar-refractivity contribution in [3.8, 4) is 0 Å². The molecule has 2 aromatic rings. The van der Waals surface area contributed by atoms with Crippen LogP contribution in [0.3, 0.4) is 0 Å². The van der Waals surface area contributed by atoms with Crippen LogP contribution in [0.4, 0.5) is 5.69 Å². The fourth-order valence-electron chi connectivity index (χ4n) is 1.80. The van der Waals surface area contributed by atoms with Gasteiger partial charge in [-0.2, -0.15) is 0 Å². The molecule has 0 radical (unpaired) electrons. The van der Waals surface area contributed by atoms with Crippen molar-refractivity contribution in [2.75, 3.05) is 5.32 Å². The molecule has 5 heteroatoms. The molecule has 0 fully saturated rings. The Labute approximate surface area is 142 Å². The summed E-state index contributed by atoms with van der Waals surface area (Å²) in [5, 5.41) is 5.34. The fraction of sp³-hybridized carbons (Fsp3) is 0.0588. The zero-order chi connectivity index (χ0) is 15.9. The van der Waals surface area contributed by atoms with Gasteiger partial charge >= 0.3 is 0 Å². The number of halogens is 1. The minimum absolute atomic E-state index is 0.206. The van der Waals surface area contributed by atoms with E-state index in [1.165, 1.54) is 6.92 Å².